The van der Waals surface area contributed by atoms with Crippen LogP contribution in [0.4, 0.5) is 5.69 Å². The van der Waals surface area contributed by atoms with Gasteiger partial charge in [0.2, 0.25) is 0 Å². The van der Waals surface area contributed by atoms with E-state index >= 15 is 0 Å². The molecule has 1 aliphatic rings. The predicted molar refractivity (Wildman–Crippen MR) is 90.0 cm³/mol. The Bertz CT molecular complexity index is 861. The van der Waals surface area contributed by atoms with Crippen LogP contribution >= 0.6 is 24.0 Å². The van der Waals surface area contributed by atoms with Crippen molar-refractivity contribution in [3.63, 3.8) is 0 Å². The summed E-state index contributed by atoms with van der Waals surface area (Å²) in [4.78, 5) is 24.3. The van der Waals surface area contributed by atoms with E-state index in [-0.39, 0.29) is 28.6 Å². The van der Waals surface area contributed by atoms with Crippen molar-refractivity contribution in [2.75, 3.05) is 0 Å². The number of hydrogen-bond donors (Lipinski definition) is 0. The van der Waals surface area contributed by atoms with Crippen LogP contribution in [0.15, 0.2) is 45.9 Å². The van der Waals surface area contributed by atoms with E-state index < -0.39 is 10.7 Å². The third-order valence-electron chi connectivity index (χ3n) is 3.26. The summed E-state index contributed by atoms with van der Waals surface area (Å²) in [5, 5.41) is 22.7. The highest BCUT2D eigenvalue weighted by Gasteiger charge is 2.32. The molecule has 1 aromatic carbocycles. The lowest BCUT2D eigenvalue weighted by atomic mass is 10.1. The highest BCUT2D eigenvalue weighted by Crippen LogP contribution is 2.35. The fourth-order valence-corrected chi connectivity index (χ4v) is 3.34. The number of amides is 1. The number of carbonyl (C=O) groups is 1. The number of nitro groups is 1. The topological polar surface area (TPSA) is 99.6 Å². The lowest BCUT2D eigenvalue weighted by Gasteiger charge is -2.12. The van der Waals surface area contributed by atoms with Gasteiger partial charge < -0.3 is 9.52 Å². The van der Waals surface area contributed by atoms with Crippen LogP contribution < -0.4 is 5.11 Å². The maximum atomic E-state index is 12.4. The Morgan fingerprint density at radius 1 is 1.38 bits per heavy atom. The minimum absolute atomic E-state index is 0.0719. The van der Waals surface area contributed by atoms with Crippen LogP contribution in [0.3, 0.4) is 0 Å². The Kier molecular flexibility index (Phi) is 4.36. The number of thiocarbonyl (C=S) groups is 1. The summed E-state index contributed by atoms with van der Waals surface area (Å²) in [7, 11) is 0. The zero-order valence-electron chi connectivity index (χ0n) is 12.0. The third kappa shape index (κ3) is 3.17. The van der Waals surface area contributed by atoms with Crippen molar-refractivity contribution < 1.29 is 19.2 Å². The first-order valence-electron chi connectivity index (χ1n) is 6.69. The lowest BCUT2D eigenvalue weighted by molar-refractivity contribution is -0.385. The lowest BCUT2D eigenvalue weighted by Crippen LogP contribution is -2.27. The molecule has 0 spiro atoms. The average molecular weight is 361 g/mol. The van der Waals surface area contributed by atoms with Crippen molar-refractivity contribution >= 4 is 46.0 Å². The first kappa shape index (κ1) is 16.2. The van der Waals surface area contributed by atoms with Crippen LogP contribution in [0.5, 0.6) is 5.75 Å². The summed E-state index contributed by atoms with van der Waals surface area (Å²) in [6, 6.07) is 6.80. The highest BCUT2D eigenvalue weighted by atomic mass is 32.2. The summed E-state index contributed by atoms with van der Waals surface area (Å²) in [6.45, 7) is 0.189. The summed E-state index contributed by atoms with van der Waals surface area (Å²) in [5.74, 6) is -0.198. The number of hydrogen-bond acceptors (Lipinski definition) is 7. The van der Waals surface area contributed by atoms with Crippen LogP contribution in [0.1, 0.15) is 11.3 Å². The Morgan fingerprint density at radius 2 is 2.17 bits per heavy atom. The summed E-state index contributed by atoms with van der Waals surface area (Å²) in [6.07, 6.45) is 2.83. The van der Waals surface area contributed by atoms with Gasteiger partial charge >= 0.3 is 0 Å². The number of rotatable bonds is 4. The molecule has 24 heavy (non-hydrogen) atoms. The van der Waals surface area contributed by atoms with Crippen molar-refractivity contribution in [1.29, 1.82) is 0 Å². The molecule has 1 aromatic heterocycles. The highest BCUT2D eigenvalue weighted by molar-refractivity contribution is 8.26. The van der Waals surface area contributed by atoms with Gasteiger partial charge in [-0.05, 0) is 23.8 Å². The molecule has 1 fully saturated rings. The fraction of sp³-hybridized carbons (Fsp3) is 0.0667. The van der Waals surface area contributed by atoms with Crippen LogP contribution in [-0.2, 0) is 11.3 Å². The number of furan rings is 1. The van der Waals surface area contributed by atoms with Gasteiger partial charge in [0.25, 0.3) is 11.6 Å². The third-order valence-corrected chi connectivity index (χ3v) is 4.64. The number of non-ortho nitro benzene ring substituents is 1. The molecule has 0 saturated carbocycles. The largest absolute Gasteiger partial charge is 0.872 e. The molecule has 1 aliphatic heterocycles. The van der Waals surface area contributed by atoms with E-state index in [1.54, 1.807) is 12.1 Å². The molecule has 0 aliphatic carbocycles. The van der Waals surface area contributed by atoms with Gasteiger partial charge in [-0.1, -0.05) is 30.0 Å². The summed E-state index contributed by atoms with van der Waals surface area (Å²) < 4.78 is 5.53. The van der Waals surface area contributed by atoms with Crippen LogP contribution in [0.25, 0.3) is 6.08 Å². The van der Waals surface area contributed by atoms with E-state index in [0.29, 0.717) is 10.1 Å². The quantitative estimate of drug-likeness (QED) is 0.357. The number of benzene rings is 1. The molecule has 9 heteroatoms. The number of nitrogens with zero attached hydrogens (tertiary/aromatic N) is 2. The van der Waals surface area contributed by atoms with E-state index in [2.05, 4.69) is 0 Å². The van der Waals surface area contributed by atoms with Gasteiger partial charge in [0, 0.05) is 12.1 Å². The molecule has 122 valence electrons. The van der Waals surface area contributed by atoms with Crippen molar-refractivity contribution in [3.8, 4) is 5.75 Å². The van der Waals surface area contributed by atoms with Gasteiger partial charge in [0.1, 0.15) is 10.1 Å². The van der Waals surface area contributed by atoms with Gasteiger partial charge in [0.05, 0.1) is 22.6 Å². The summed E-state index contributed by atoms with van der Waals surface area (Å²) in [5.41, 5.74) is -0.144. The minimum atomic E-state index is -0.598. The van der Waals surface area contributed by atoms with E-state index in [1.807, 2.05) is 0 Å². The molecule has 2 heterocycles. The van der Waals surface area contributed by atoms with Crippen LogP contribution in [-0.4, -0.2) is 20.1 Å². The molecule has 1 saturated heterocycles. The van der Waals surface area contributed by atoms with Crippen molar-refractivity contribution in [2.45, 2.75) is 6.54 Å². The van der Waals surface area contributed by atoms with Crippen molar-refractivity contribution in [1.82, 2.24) is 4.90 Å². The Balaban J connectivity index is 1.89. The van der Waals surface area contributed by atoms with E-state index in [9.17, 15) is 20.0 Å². The first-order valence-corrected chi connectivity index (χ1v) is 7.91. The van der Waals surface area contributed by atoms with E-state index in [0.717, 1.165) is 30.0 Å². The van der Waals surface area contributed by atoms with Gasteiger partial charge in [-0.2, -0.15) is 0 Å². The Hall–Kier alpha value is -2.65. The standard InChI is InChI=1S/C15H10N2O5S2/c18-12-4-3-10(17(20)21)6-9(12)7-13-14(19)16(15(23)24-13)8-11-2-1-5-22-11/h1-7,18H,8H2/p-1/b13-7-. The van der Waals surface area contributed by atoms with Gasteiger partial charge in [-0.25, -0.2) is 0 Å². The maximum absolute atomic E-state index is 12.4. The van der Waals surface area contributed by atoms with Crippen molar-refractivity contribution in [2.24, 2.45) is 0 Å². The second-order valence-corrected chi connectivity index (χ2v) is 6.50. The number of carbonyl (C=O) groups excluding carboxylic acids is 1. The first-order chi connectivity index (χ1) is 11.5. The van der Waals surface area contributed by atoms with E-state index in [1.165, 1.54) is 17.2 Å². The molecule has 3 rings (SSSR count). The van der Waals surface area contributed by atoms with Crippen LogP contribution in [0, 0.1) is 10.1 Å². The smallest absolute Gasteiger partial charge is 0.269 e. The second-order valence-electron chi connectivity index (χ2n) is 4.83. The molecule has 2 aromatic rings. The monoisotopic (exact) mass is 361 g/mol. The summed E-state index contributed by atoms with van der Waals surface area (Å²) >= 11 is 6.22. The predicted octanol–water partition coefficient (Wildman–Crippen LogP) is 2.66. The normalized spacial score (nSPS) is 16.2. The molecular weight excluding hydrogens is 352 g/mol. The average Bonchev–Trinajstić information content (AvgIpc) is 3.14. The zero-order valence-corrected chi connectivity index (χ0v) is 13.6. The van der Waals surface area contributed by atoms with Crippen LogP contribution in [0.2, 0.25) is 0 Å². The fourth-order valence-electron chi connectivity index (χ4n) is 2.10. The second kappa shape index (κ2) is 6.46. The van der Waals surface area contributed by atoms with Gasteiger partial charge in [-0.3, -0.25) is 19.8 Å². The maximum Gasteiger partial charge on any atom is 0.269 e. The SMILES string of the molecule is O=C1/C(=C/c2cc([N+](=O)[O-])ccc2[O-])SC(=S)N1Cc1ccco1. The Labute approximate surface area is 145 Å². The molecule has 0 radical (unpaired) electrons. The number of thioether (sulfide) groups is 1. The molecule has 0 atom stereocenters. The molecule has 1 amide bonds. The molecule has 0 bridgehead atoms. The molecule has 0 unspecified atom stereocenters. The van der Waals surface area contributed by atoms with Gasteiger partial charge in [0.15, 0.2) is 0 Å². The van der Waals surface area contributed by atoms with E-state index in [4.69, 9.17) is 16.6 Å². The Morgan fingerprint density at radius 3 is 2.83 bits per heavy atom. The van der Waals surface area contributed by atoms with Gasteiger partial charge in [-0.15, -0.1) is 5.75 Å². The minimum Gasteiger partial charge on any atom is -0.872 e. The molecule has 7 nitrogen and oxygen atoms in total. The van der Waals surface area contributed by atoms with Crippen molar-refractivity contribution in [3.05, 3.63) is 62.9 Å². The molecule has 0 N–H and O–H groups in total. The number of nitro benzene ring substituents is 1. The zero-order chi connectivity index (χ0) is 17.3. The molecular formula is C15H9N2O5S2-.